The highest BCUT2D eigenvalue weighted by Crippen LogP contribution is 2.27. The summed E-state index contributed by atoms with van der Waals surface area (Å²) in [5, 5.41) is 8.01. The van der Waals surface area contributed by atoms with Crippen molar-refractivity contribution < 1.29 is 4.79 Å². The molecule has 0 saturated carbocycles. The van der Waals surface area contributed by atoms with Crippen molar-refractivity contribution in [1.29, 1.82) is 0 Å². The summed E-state index contributed by atoms with van der Waals surface area (Å²) in [5.41, 5.74) is 1.31. The van der Waals surface area contributed by atoms with E-state index in [4.69, 9.17) is 0 Å². The Morgan fingerprint density at radius 3 is 2.80 bits per heavy atom. The third-order valence-electron chi connectivity index (χ3n) is 5.23. The molecule has 0 unspecified atom stereocenters. The smallest absolute Gasteiger partial charge is 0.336 e. The second-order valence-electron chi connectivity index (χ2n) is 7.34. The average Bonchev–Trinajstić information content (AvgIpc) is 3.45. The van der Waals surface area contributed by atoms with Gasteiger partial charge in [-0.3, -0.25) is 9.47 Å². The van der Waals surface area contributed by atoms with Crippen LogP contribution < -0.4 is 16.3 Å². The lowest BCUT2D eigenvalue weighted by atomic mass is 10.2. The van der Waals surface area contributed by atoms with Crippen LogP contribution in [-0.2, 0) is 6.54 Å². The Hall–Kier alpha value is -2.97. The summed E-state index contributed by atoms with van der Waals surface area (Å²) >= 11 is 1.73. The Bertz CT molecular complexity index is 1030. The second kappa shape index (κ2) is 9.69. The summed E-state index contributed by atoms with van der Waals surface area (Å²) in [6.45, 7) is 3.11. The zero-order chi connectivity index (χ0) is 20.8. The maximum absolute atomic E-state index is 12.5. The van der Waals surface area contributed by atoms with E-state index in [0.29, 0.717) is 18.8 Å². The first-order chi connectivity index (χ1) is 14.7. The molecule has 1 aliphatic rings. The summed E-state index contributed by atoms with van der Waals surface area (Å²) in [6, 6.07) is 13.4. The minimum Gasteiger partial charge on any atom is -0.336 e. The largest absolute Gasteiger partial charge is 0.347 e. The molecule has 0 radical (unpaired) electrons. The van der Waals surface area contributed by atoms with E-state index in [2.05, 4.69) is 38.0 Å². The highest BCUT2D eigenvalue weighted by atomic mass is 32.1. The van der Waals surface area contributed by atoms with Crippen LogP contribution in [0.25, 0.3) is 0 Å². The van der Waals surface area contributed by atoms with Crippen LogP contribution in [0, 0.1) is 0 Å². The summed E-state index contributed by atoms with van der Waals surface area (Å²) in [7, 11) is 0. The van der Waals surface area contributed by atoms with Gasteiger partial charge in [-0.2, -0.15) is 0 Å². The third kappa shape index (κ3) is 5.14. The van der Waals surface area contributed by atoms with Crippen LogP contribution in [0.2, 0.25) is 0 Å². The number of hydrogen-bond acceptors (Lipinski definition) is 5. The van der Waals surface area contributed by atoms with Crippen molar-refractivity contribution in [3.63, 3.8) is 0 Å². The number of aromatic nitrogens is 2. The molecule has 156 valence electrons. The maximum Gasteiger partial charge on any atom is 0.347 e. The Labute approximate surface area is 179 Å². The predicted molar refractivity (Wildman–Crippen MR) is 119 cm³/mol. The number of carbonyl (C=O) groups is 1. The molecule has 30 heavy (non-hydrogen) atoms. The molecule has 1 saturated heterocycles. The first-order valence-corrected chi connectivity index (χ1v) is 11.0. The number of likely N-dealkylation sites (tertiary alicyclic amines) is 1. The Morgan fingerprint density at radius 1 is 1.17 bits per heavy atom. The molecule has 3 heterocycles. The van der Waals surface area contributed by atoms with E-state index in [-0.39, 0.29) is 17.8 Å². The maximum atomic E-state index is 12.5. The predicted octanol–water partition coefficient (Wildman–Crippen LogP) is 3.31. The van der Waals surface area contributed by atoms with E-state index in [9.17, 15) is 9.59 Å². The average molecular weight is 424 g/mol. The number of hydrogen-bond donors (Lipinski definition) is 2. The lowest BCUT2D eigenvalue weighted by Crippen LogP contribution is -2.38. The van der Waals surface area contributed by atoms with Crippen molar-refractivity contribution in [2.24, 2.45) is 0 Å². The van der Waals surface area contributed by atoms with Gasteiger partial charge in [-0.15, -0.1) is 11.3 Å². The quantitative estimate of drug-likeness (QED) is 0.611. The van der Waals surface area contributed by atoms with Gasteiger partial charge < -0.3 is 10.6 Å². The fourth-order valence-electron chi connectivity index (χ4n) is 3.76. The van der Waals surface area contributed by atoms with Crippen molar-refractivity contribution in [2.75, 3.05) is 25.0 Å². The summed E-state index contributed by atoms with van der Waals surface area (Å²) in [4.78, 5) is 31.8. The van der Waals surface area contributed by atoms with Gasteiger partial charge in [0.15, 0.2) is 0 Å². The van der Waals surface area contributed by atoms with Crippen molar-refractivity contribution >= 4 is 23.1 Å². The number of urea groups is 1. The fraction of sp³-hybridized carbons (Fsp3) is 0.318. The summed E-state index contributed by atoms with van der Waals surface area (Å²) in [6.07, 6.45) is 5.60. The lowest BCUT2D eigenvalue weighted by Gasteiger charge is -2.27. The van der Waals surface area contributed by atoms with E-state index in [1.807, 2.05) is 24.3 Å². The monoisotopic (exact) mass is 423 g/mol. The molecule has 2 aromatic heterocycles. The number of carbonyl (C=O) groups excluding carboxylic acids is 1. The van der Waals surface area contributed by atoms with Gasteiger partial charge in [-0.05, 0) is 61.1 Å². The first kappa shape index (κ1) is 20.3. The molecule has 0 bridgehead atoms. The molecule has 4 rings (SSSR count). The molecule has 1 aromatic carbocycles. The normalized spacial score (nSPS) is 15.1. The van der Waals surface area contributed by atoms with E-state index >= 15 is 0 Å². The SMILES string of the molecule is O=C(NC[C@@H](c1cccs1)N1CCCC1)Nc1cccc(Cn2cccnc2=O)c1. The summed E-state index contributed by atoms with van der Waals surface area (Å²) < 4.78 is 1.53. The number of benzene rings is 1. The van der Waals surface area contributed by atoms with E-state index in [0.717, 1.165) is 18.7 Å². The van der Waals surface area contributed by atoms with Gasteiger partial charge in [0.1, 0.15) is 0 Å². The lowest BCUT2D eigenvalue weighted by molar-refractivity contribution is 0.229. The molecule has 0 spiro atoms. The standard InChI is InChI=1S/C22H25N5O2S/c28-21(24-15-19(20-8-4-13-30-20)26-10-1-2-11-26)25-18-7-3-6-17(14-18)16-27-12-5-9-23-22(27)29/h3-9,12-14,19H,1-2,10-11,15-16H2,(H2,24,25,28)/t19-/m0/s1. The molecule has 2 N–H and O–H groups in total. The number of thiophene rings is 1. The topological polar surface area (TPSA) is 79.3 Å². The molecule has 7 nitrogen and oxygen atoms in total. The number of amides is 2. The van der Waals surface area contributed by atoms with Crippen LogP contribution in [0.5, 0.6) is 0 Å². The molecule has 0 aliphatic carbocycles. The first-order valence-electron chi connectivity index (χ1n) is 10.1. The number of anilines is 1. The fourth-order valence-corrected chi connectivity index (χ4v) is 4.62. The van der Waals surface area contributed by atoms with Gasteiger partial charge in [-0.25, -0.2) is 14.6 Å². The van der Waals surface area contributed by atoms with E-state index in [1.165, 1.54) is 28.5 Å². The van der Waals surface area contributed by atoms with Gasteiger partial charge in [0.05, 0.1) is 12.6 Å². The molecule has 1 fully saturated rings. The van der Waals surface area contributed by atoms with Crippen molar-refractivity contribution in [3.05, 3.63) is 81.2 Å². The van der Waals surface area contributed by atoms with Crippen LogP contribution in [0.3, 0.4) is 0 Å². The van der Waals surface area contributed by atoms with Crippen molar-refractivity contribution in [2.45, 2.75) is 25.4 Å². The molecule has 3 aromatic rings. The van der Waals surface area contributed by atoms with E-state index in [1.54, 1.807) is 23.6 Å². The number of rotatable bonds is 7. The molecule has 2 amide bonds. The highest BCUT2D eigenvalue weighted by molar-refractivity contribution is 7.10. The van der Waals surface area contributed by atoms with Crippen molar-refractivity contribution in [1.82, 2.24) is 19.8 Å². The number of nitrogens with one attached hydrogen (secondary N) is 2. The van der Waals surface area contributed by atoms with Crippen LogP contribution in [0.1, 0.15) is 29.3 Å². The minimum absolute atomic E-state index is 0.210. The van der Waals surface area contributed by atoms with Gasteiger partial charge >= 0.3 is 11.7 Å². The Kier molecular flexibility index (Phi) is 6.56. The zero-order valence-corrected chi connectivity index (χ0v) is 17.5. The summed E-state index contributed by atoms with van der Waals surface area (Å²) in [5.74, 6) is 0. The number of nitrogens with zero attached hydrogens (tertiary/aromatic N) is 3. The minimum atomic E-state index is -0.296. The van der Waals surface area contributed by atoms with Crippen LogP contribution in [-0.4, -0.2) is 40.1 Å². The highest BCUT2D eigenvalue weighted by Gasteiger charge is 2.24. The second-order valence-corrected chi connectivity index (χ2v) is 8.32. The molecule has 8 heteroatoms. The zero-order valence-electron chi connectivity index (χ0n) is 16.7. The van der Waals surface area contributed by atoms with Gasteiger partial charge in [0, 0.05) is 29.5 Å². The van der Waals surface area contributed by atoms with Crippen LogP contribution >= 0.6 is 11.3 Å². The molecular formula is C22H25N5O2S. The Morgan fingerprint density at radius 2 is 2.03 bits per heavy atom. The van der Waals surface area contributed by atoms with Crippen LogP contribution in [0.4, 0.5) is 10.5 Å². The van der Waals surface area contributed by atoms with E-state index < -0.39 is 0 Å². The molecule has 1 atom stereocenters. The van der Waals surface area contributed by atoms with Gasteiger partial charge in [-0.1, -0.05) is 18.2 Å². The van der Waals surface area contributed by atoms with Crippen molar-refractivity contribution in [3.8, 4) is 0 Å². The molecule has 1 aliphatic heterocycles. The van der Waals surface area contributed by atoms with Gasteiger partial charge in [0.25, 0.3) is 0 Å². The third-order valence-corrected chi connectivity index (χ3v) is 6.20. The molecular weight excluding hydrogens is 398 g/mol. The van der Waals surface area contributed by atoms with Crippen LogP contribution in [0.15, 0.2) is 65.0 Å². The van der Waals surface area contributed by atoms with Gasteiger partial charge in [0.2, 0.25) is 0 Å². The Balaban J connectivity index is 1.36.